The Kier molecular flexibility index (Phi) is 5.22. The second kappa shape index (κ2) is 6.52. The normalized spacial score (nSPS) is 12.5. The Hall–Kier alpha value is -0.170. The number of hydrogen-bond acceptors (Lipinski definition) is 1. The lowest BCUT2D eigenvalue weighted by molar-refractivity contribution is 0.177. The van der Waals surface area contributed by atoms with Gasteiger partial charge < -0.3 is 5.11 Å². The molecule has 2 rings (SSSR count). The molecule has 5 heteroatoms. The van der Waals surface area contributed by atoms with Crippen molar-refractivity contribution in [2.24, 2.45) is 0 Å². The third-order valence-electron chi connectivity index (χ3n) is 2.76. The van der Waals surface area contributed by atoms with E-state index in [2.05, 4.69) is 38.5 Å². The largest absolute Gasteiger partial charge is 0.388 e. The fourth-order valence-corrected chi connectivity index (χ4v) is 3.07. The van der Waals surface area contributed by atoms with Crippen LogP contribution in [0.4, 0.5) is 4.39 Å². The summed E-state index contributed by atoms with van der Waals surface area (Å²) in [6.07, 6.45) is -0.438. The fraction of sp³-hybridized carbons (Fsp3) is 0.143. The van der Waals surface area contributed by atoms with Gasteiger partial charge in [-0.15, -0.1) is 0 Å². The monoisotopic (exact) mass is 454 g/mol. The summed E-state index contributed by atoms with van der Waals surface area (Å²) in [6.45, 7) is 0. The smallest absolute Gasteiger partial charge is 0.142 e. The van der Waals surface area contributed by atoms with Crippen LogP contribution in [0.2, 0.25) is 5.02 Å². The lowest BCUT2D eigenvalue weighted by Crippen LogP contribution is -2.05. The van der Waals surface area contributed by atoms with Crippen LogP contribution < -0.4 is 0 Å². The third-order valence-corrected chi connectivity index (χ3v) is 4.66. The quantitative estimate of drug-likeness (QED) is 0.637. The number of rotatable bonds is 3. The number of aliphatic hydroxyl groups excluding tert-OH is 1. The van der Waals surface area contributed by atoms with Gasteiger partial charge in [0.2, 0.25) is 0 Å². The van der Waals surface area contributed by atoms with Crippen LogP contribution in [0.3, 0.4) is 0 Å². The van der Waals surface area contributed by atoms with Gasteiger partial charge in [0, 0.05) is 14.5 Å². The molecule has 0 radical (unpaired) electrons. The molecule has 0 aliphatic heterocycles. The van der Waals surface area contributed by atoms with Gasteiger partial charge in [0.05, 0.1) is 11.1 Å². The first-order valence-electron chi connectivity index (χ1n) is 5.55. The highest BCUT2D eigenvalue weighted by Gasteiger charge is 2.15. The van der Waals surface area contributed by atoms with Gasteiger partial charge in [-0.2, -0.15) is 0 Å². The molecule has 100 valence electrons. The van der Waals surface area contributed by atoms with Crippen molar-refractivity contribution in [1.29, 1.82) is 0 Å². The van der Waals surface area contributed by atoms with Crippen molar-refractivity contribution in [1.82, 2.24) is 0 Å². The van der Waals surface area contributed by atoms with Gasteiger partial charge in [0.15, 0.2) is 0 Å². The Balaban J connectivity index is 2.28. The number of aliphatic hydroxyl groups is 1. The lowest BCUT2D eigenvalue weighted by atomic mass is 10.0. The number of halogens is 4. The summed E-state index contributed by atoms with van der Waals surface area (Å²) >= 11 is 11.4. The molecule has 0 fully saturated rings. The van der Waals surface area contributed by atoms with Gasteiger partial charge in [0.25, 0.3) is 0 Å². The fourth-order valence-electron chi connectivity index (χ4n) is 1.79. The molecule has 1 N–H and O–H groups in total. The van der Waals surface area contributed by atoms with Crippen LogP contribution in [0.25, 0.3) is 0 Å². The second-order valence-corrected chi connectivity index (χ2v) is 6.55. The number of hydrogen-bond donors (Lipinski definition) is 1. The van der Waals surface area contributed by atoms with Gasteiger partial charge in [-0.25, -0.2) is 4.39 Å². The van der Waals surface area contributed by atoms with Crippen LogP contribution in [-0.2, 0) is 6.42 Å². The van der Waals surface area contributed by atoms with Gasteiger partial charge in [-0.05, 0) is 58.0 Å². The Labute approximate surface area is 138 Å². The topological polar surface area (TPSA) is 20.2 Å². The molecule has 0 bridgehead atoms. The maximum atomic E-state index is 13.4. The first-order valence-corrected chi connectivity index (χ1v) is 7.80. The molecule has 0 saturated carbocycles. The highest BCUT2D eigenvalue weighted by molar-refractivity contribution is 14.1. The molecular weight excluding hydrogens is 445 g/mol. The van der Waals surface area contributed by atoms with Crippen LogP contribution in [0, 0.1) is 9.39 Å². The highest BCUT2D eigenvalue weighted by Crippen LogP contribution is 2.29. The van der Waals surface area contributed by atoms with Gasteiger partial charge in [0.1, 0.15) is 5.82 Å². The van der Waals surface area contributed by atoms with E-state index in [1.54, 1.807) is 12.1 Å². The van der Waals surface area contributed by atoms with Gasteiger partial charge >= 0.3 is 0 Å². The zero-order valence-corrected chi connectivity index (χ0v) is 14.2. The average Bonchev–Trinajstić information content (AvgIpc) is 2.38. The van der Waals surface area contributed by atoms with Crippen LogP contribution in [-0.4, -0.2) is 5.11 Å². The molecular formula is C14H10BrClFIO. The maximum Gasteiger partial charge on any atom is 0.142 e. The van der Waals surface area contributed by atoms with Crippen molar-refractivity contribution < 1.29 is 9.50 Å². The predicted molar refractivity (Wildman–Crippen MR) is 86.9 cm³/mol. The van der Waals surface area contributed by atoms with E-state index in [-0.39, 0.29) is 11.4 Å². The van der Waals surface area contributed by atoms with E-state index in [9.17, 15) is 9.50 Å². The summed E-state index contributed by atoms with van der Waals surface area (Å²) in [5.74, 6) is -0.463. The maximum absolute atomic E-state index is 13.4. The van der Waals surface area contributed by atoms with Gasteiger partial charge in [-0.1, -0.05) is 39.7 Å². The molecule has 2 aromatic carbocycles. The molecule has 0 heterocycles. The van der Waals surface area contributed by atoms with E-state index in [0.29, 0.717) is 5.56 Å². The van der Waals surface area contributed by atoms with E-state index in [1.807, 2.05) is 18.2 Å². The summed E-state index contributed by atoms with van der Waals surface area (Å²) in [5.41, 5.74) is 1.40. The molecule has 19 heavy (non-hydrogen) atoms. The molecule has 0 spiro atoms. The molecule has 0 aliphatic carbocycles. The Morgan fingerprint density at radius 3 is 2.79 bits per heavy atom. The van der Waals surface area contributed by atoms with E-state index in [0.717, 1.165) is 13.6 Å². The van der Waals surface area contributed by atoms with Crippen molar-refractivity contribution >= 4 is 50.1 Å². The van der Waals surface area contributed by atoms with E-state index in [1.165, 1.54) is 6.07 Å². The van der Waals surface area contributed by atoms with E-state index >= 15 is 0 Å². The van der Waals surface area contributed by atoms with E-state index < -0.39 is 11.9 Å². The van der Waals surface area contributed by atoms with Crippen molar-refractivity contribution in [3.63, 3.8) is 0 Å². The Bertz CT molecular complexity index is 606. The molecule has 2 aromatic rings. The van der Waals surface area contributed by atoms with Gasteiger partial charge in [-0.3, -0.25) is 0 Å². The minimum absolute atomic E-state index is 0.0755. The predicted octanol–water partition coefficient (Wildman–Crippen LogP) is 5.12. The molecule has 1 atom stereocenters. The minimum atomic E-state index is -0.719. The SMILES string of the molecule is OC(Cc1cccc(F)c1Cl)c1cc(Br)ccc1I. The zero-order valence-electron chi connectivity index (χ0n) is 9.71. The Morgan fingerprint density at radius 1 is 1.32 bits per heavy atom. The highest BCUT2D eigenvalue weighted by atomic mass is 127. The summed E-state index contributed by atoms with van der Waals surface area (Å²) < 4.78 is 15.2. The molecule has 0 amide bonds. The first kappa shape index (κ1) is 15.2. The molecule has 0 saturated heterocycles. The minimum Gasteiger partial charge on any atom is -0.388 e. The van der Waals surface area contributed by atoms with Crippen molar-refractivity contribution in [3.05, 3.63) is 66.4 Å². The third kappa shape index (κ3) is 3.68. The summed E-state index contributed by atoms with van der Waals surface area (Å²) in [4.78, 5) is 0. The summed E-state index contributed by atoms with van der Waals surface area (Å²) in [6, 6.07) is 10.3. The van der Waals surface area contributed by atoms with Crippen molar-refractivity contribution in [2.75, 3.05) is 0 Å². The molecule has 0 aliphatic rings. The molecule has 1 nitrogen and oxygen atoms in total. The lowest BCUT2D eigenvalue weighted by Gasteiger charge is -2.14. The molecule has 0 aromatic heterocycles. The van der Waals surface area contributed by atoms with Crippen LogP contribution in [0.15, 0.2) is 40.9 Å². The Morgan fingerprint density at radius 2 is 2.05 bits per heavy atom. The van der Waals surface area contributed by atoms with Crippen molar-refractivity contribution in [3.8, 4) is 0 Å². The summed E-state index contributed by atoms with van der Waals surface area (Å²) in [7, 11) is 0. The second-order valence-electron chi connectivity index (χ2n) is 4.10. The first-order chi connectivity index (χ1) is 8.99. The van der Waals surface area contributed by atoms with Crippen molar-refractivity contribution in [2.45, 2.75) is 12.5 Å². The number of benzene rings is 2. The average molecular weight is 455 g/mol. The van der Waals surface area contributed by atoms with Crippen LogP contribution in [0.5, 0.6) is 0 Å². The standard InChI is InChI=1S/C14H10BrClFIO/c15-9-4-5-12(18)10(7-9)13(19)6-8-2-1-3-11(17)14(8)16/h1-5,7,13,19H,6H2. The van der Waals surface area contributed by atoms with E-state index in [4.69, 9.17) is 11.6 Å². The van der Waals surface area contributed by atoms with Crippen LogP contribution in [0.1, 0.15) is 17.2 Å². The zero-order chi connectivity index (χ0) is 14.0. The molecule has 1 unspecified atom stereocenters. The summed E-state index contributed by atoms with van der Waals surface area (Å²) in [5, 5.41) is 10.4. The van der Waals surface area contributed by atoms with Crippen LogP contribution >= 0.6 is 50.1 Å².